The zero-order chi connectivity index (χ0) is 37.5. The number of methoxy groups -OCH3 is 1. The van der Waals surface area contributed by atoms with E-state index in [-0.39, 0.29) is 36.9 Å². The summed E-state index contributed by atoms with van der Waals surface area (Å²) < 4.78 is 44.8. The van der Waals surface area contributed by atoms with Crippen LogP contribution in [0.5, 0.6) is 0 Å². The average molecular weight is 715 g/mol. The van der Waals surface area contributed by atoms with Crippen LogP contribution in [0.15, 0.2) is 4.99 Å². The molecule has 4 aliphatic rings. The Morgan fingerprint density at radius 1 is 0.980 bits per heavy atom. The van der Waals surface area contributed by atoms with Crippen molar-refractivity contribution >= 4 is 11.9 Å². The van der Waals surface area contributed by atoms with Crippen LogP contribution in [-0.4, -0.2) is 137 Å². The molecule has 290 valence electrons. The van der Waals surface area contributed by atoms with Crippen LogP contribution in [-0.2, 0) is 38.0 Å². The highest BCUT2D eigenvalue weighted by molar-refractivity contribution is 5.81. The molecule has 0 aliphatic carbocycles. The molecule has 4 rings (SSSR count). The Balaban J connectivity index is 1.83. The number of ether oxygens (including phenoxy) is 7. The van der Waals surface area contributed by atoms with Crippen molar-refractivity contribution in [2.75, 3.05) is 21.2 Å². The number of nitrogens with zero attached hydrogens (tertiary/aromatic N) is 2. The Hall–Kier alpha value is -1.42. The van der Waals surface area contributed by atoms with E-state index in [0.29, 0.717) is 25.2 Å². The molecule has 0 amide bonds. The number of aliphatic imine (C=N–C) groups is 1. The van der Waals surface area contributed by atoms with E-state index in [4.69, 9.17) is 38.2 Å². The minimum Gasteiger partial charge on any atom is -0.472 e. The van der Waals surface area contributed by atoms with Gasteiger partial charge in [0.2, 0.25) is 0 Å². The van der Waals surface area contributed by atoms with Crippen LogP contribution in [0.2, 0.25) is 0 Å². The number of fused-ring (bicyclic) bond motifs is 2. The van der Waals surface area contributed by atoms with Gasteiger partial charge in [-0.1, -0.05) is 20.8 Å². The van der Waals surface area contributed by atoms with Crippen LogP contribution < -0.4 is 0 Å². The van der Waals surface area contributed by atoms with E-state index in [1.165, 1.54) is 0 Å². The number of esters is 1. The fraction of sp³-hybridized carbons (Fsp3) is 0.946. The highest BCUT2D eigenvalue weighted by Gasteiger charge is 2.55. The van der Waals surface area contributed by atoms with E-state index in [2.05, 4.69) is 6.92 Å². The SMILES string of the molecule is CC[C@H]1OC(=O)[C@H](C)[C@@H](O[C@H]2C[C@@](C)(OC)[C@@H](O)[C@H](C)O2)[C@H](C)[C@@H](O[C@@H]2O[C@H](C)C[C@H](N(C)C)[C@H]2O)[C@@]2(C)C[C@@H](C)C(=NC(C)C[C@]1(C)O)O2. The van der Waals surface area contributed by atoms with Crippen LogP contribution in [0, 0.1) is 17.8 Å². The zero-order valence-corrected chi connectivity index (χ0v) is 32.6. The lowest BCUT2D eigenvalue weighted by atomic mass is 9.79. The second-order valence-electron chi connectivity index (χ2n) is 16.5. The normalized spacial score (nSPS) is 49.5. The molecule has 4 aliphatic heterocycles. The average Bonchev–Trinajstić information content (AvgIpc) is 3.31. The van der Waals surface area contributed by atoms with E-state index in [0.717, 1.165) is 0 Å². The number of hydrogen-bond donors (Lipinski definition) is 3. The Morgan fingerprint density at radius 3 is 2.24 bits per heavy atom. The van der Waals surface area contributed by atoms with Crippen molar-refractivity contribution in [2.24, 2.45) is 22.7 Å². The van der Waals surface area contributed by atoms with Crippen molar-refractivity contribution in [2.45, 2.75) is 186 Å². The predicted octanol–water partition coefficient (Wildman–Crippen LogP) is 3.43. The first kappa shape index (κ1) is 41.3. The fourth-order valence-electron chi connectivity index (χ4n) is 8.69. The molecular formula is C37H66N2O11. The summed E-state index contributed by atoms with van der Waals surface area (Å²) in [5.41, 5.74) is -3.30. The predicted molar refractivity (Wildman–Crippen MR) is 186 cm³/mol. The van der Waals surface area contributed by atoms with Crippen LogP contribution in [0.3, 0.4) is 0 Å². The number of carbonyl (C=O) groups is 1. The van der Waals surface area contributed by atoms with Gasteiger partial charge in [0.1, 0.15) is 35.6 Å². The minimum absolute atomic E-state index is 0.0791. The summed E-state index contributed by atoms with van der Waals surface area (Å²) in [7, 11) is 5.39. The van der Waals surface area contributed by atoms with Gasteiger partial charge >= 0.3 is 5.97 Å². The van der Waals surface area contributed by atoms with Gasteiger partial charge in [0.25, 0.3) is 0 Å². The van der Waals surface area contributed by atoms with Gasteiger partial charge in [0, 0.05) is 44.2 Å². The quantitative estimate of drug-likeness (QED) is 0.331. The lowest BCUT2D eigenvalue weighted by molar-refractivity contribution is -0.315. The molecule has 0 spiro atoms. The summed E-state index contributed by atoms with van der Waals surface area (Å²) in [6.45, 7) is 18.7. The summed E-state index contributed by atoms with van der Waals surface area (Å²) in [4.78, 5) is 21.0. The van der Waals surface area contributed by atoms with Crippen molar-refractivity contribution in [1.82, 2.24) is 4.90 Å². The molecule has 1 unspecified atom stereocenters. The van der Waals surface area contributed by atoms with Gasteiger partial charge in [-0.15, -0.1) is 0 Å². The van der Waals surface area contributed by atoms with Crippen molar-refractivity contribution in [3.05, 3.63) is 0 Å². The Kier molecular flexibility index (Phi) is 13.1. The molecule has 50 heavy (non-hydrogen) atoms. The van der Waals surface area contributed by atoms with Crippen LogP contribution in [0.1, 0.15) is 101 Å². The molecule has 0 aromatic rings. The van der Waals surface area contributed by atoms with E-state index in [1.54, 1.807) is 27.9 Å². The number of carbonyl (C=O) groups excluding carboxylic acids is 1. The minimum atomic E-state index is -1.36. The van der Waals surface area contributed by atoms with Crippen LogP contribution >= 0.6 is 0 Å². The smallest absolute Gasteiger partial charge is 0.311 e. The molecule has 3 N–H and O–H groups in total. The monoisotopic (exact) mass is 714 g/mol. The zero-order valence-electron chi connectivity index (χ0n) is 32.6. The molecule has 0 aromatic carbocycles. The number of cyclic esters (lactones) is 1. The highest BCUT2D eigenvalue weighted by Crippen LogP contribution is 2.44. The lowest BCUT2D eigenvalue weighted by Gasteiger charge is -2.48. The van der Waals surface area contributed by atoms with Gasteiger partial charge in [-0.05, 0) is 75.4 Å². The third kappa shape index (κ3) is 8.68. The van der Waals surface area contributed by atoms with Crippen molar-refractivity contribution in [1.29, 1.82) is 0 Å². The maximum atomic E-state index is 14.1. The summed E-state index contributed by atoms with van der Waals surface area (Å²) in [5, 5.41) is 34.1. The Bertz CT molecular complexity index is 1190. The van der Waals surface area contributed by atoms with Gasteiger partial charge in [0.15, 0.2) is 18.5 Å². The standard InChI is InChI=1S/C37H66N2O11/c1-14-26-35(8,43)17-20(3)38-32-19(2)16-37(10,50-32)31(49-34-28(40)25(39(11)12)15-21(4)45-34)22(5)29(23(6)33(42)47-26)48-27-18-36(9,44-13)30(41)24(7)46-27/h19-31,34,40-41,43H,14-18H2,1-13H3/t19-,20?,21-,22+,23-,24+,25+,26-,27+,28-,29+,30+,31-,34+,35+,36-,37-/m1/s1. The Labute approximate surface area is 299 Å². The molecule has 0 aromatic heterocycles. The second kappa shape index (κ2) is 15.9. The fourth-order valence-corrected chi connectivity index (χ4v) is 8.69. The van der Waals surface area contributed by atoms with Crippen molar-refractivity contribution in [3.63, 3.8) is 0 Å². The number of aliphatic hydroxyl groups is 3. The molecule has 0 saturated carbocycles. The maximum Gasteiger partial charge on any atom is 0.311 e. The van der Waals surface area contributed by atoms with Crippen LogP contribution in [0.4, 0.5) is 0 Å². The molecule has 13 nitrogen and oxygen atoms in total. The Morgan fingerprint density at radius 2 is 1.64 bits per heavy atom. The van der Waals surface area contributed by atoms with E-state index < -0.39 is 83.8 Å². The summed E-state index contributed by atoms with van der Waals surface area (Å²) in [5.74, 6) is -1.49. The van der Waals surface area contributed by atoms with Crippen molar-refractivity contribution in [3.8, 4) is 0 Å². The van der Waals surface area contributed by atoms with Gasteiger partial charge < -0.3 is 53.4 Å². The second-order valence-corrected chi connectivity index (χ2v) is 16.5. The number of aliphatic hydroxyl groups excluding tert-OH is 2. The molecule has 2 bridgehead atoms. The first-order valence-electron chi connectivity index (χ1n) is 18.5. The number of rotatable bonds is 7. The molecule has 4 heterocycles. The summed E-state index contributed by atoms with van der Waals surface area (Å²) >= 11 is 0. The van der Waals surface area contributed by atoms with Gasteiger partial charge in [-0.25, -0.2) is 0 Å². The topological polar surface area (TPSA) is 158 Å². The van der Waals surface area contributed by atoms with E-state index >= 15 is 0 Å². The molecule has 3 fully saturated rings. The molecule has 0 radical (unpaired) electrons. The van der Waals surface area contributed by atoms with Gasteiger partial charge in [-0.3, -0.25) is 9.79 Å². The van der Waals surface area contributed by atoms with E-state index in [1.807, 2.05) is 60.5 Å². The molecular weight excluding hydrogens is 648 g/mol. The first-order valence-corrected chi connectivity index (χ1v) is 18.5. The first-order chi connectivity index (χ1) is 23.2. The van der Waals surface area contributed by atoms with Crippen molar-refractivity contribution < 1.29 is 53.3 Å². The number of likely N-dealkylation sites (N-methyl/N-ethyl adjacent to an activating group) is 1. The van der Waals surface area contributed by atoms with Gasteiger partial charge in [-0.2, -0.15) is 0 Å². The molecule has 13 heteroatoms. The highest BCUT2D eigenvalue weighted by atomic mass is 16.7. The lowest BCUT2D eigenvalue weighted by Crippen LogP contribution is -2.60. The molecule has 17 atom stereocenters. The van der Waals surface area contributed by atoms with Gasteiger partial charge in [0.05, 0.1) is 35.9 Å². The third-order valence-corrected chi connectivity index (χ3v) is 11.7. The third-order valence-electron chi connectivity index (χ3n) is 11.7. The summed E-state index contributed by atoms with van der Waals surface area (Å²) in [6, 6.07) is -0.534. The van der Waals surface area contributed by atoms with E-state index in [9.17, 15) is 20.1 Å². The summed E-state index contributed by atoms with van der Waals surface area (Å²) in [6.07, 6.45) is -4.94. The number of hydrogen-bond acceptors (Lipinski definition) is 13. The van der Waals surface area contributed by atoms with Crippen LogP contribution in [0.25, 0.3) is 0 Å². The maximum absolute atomic E-state index is 14.1. The molecule has 3 saturated heterocycles. The largest absolute Gasteiger partial charge is 0.472 e.